The Bertz CT molecular complexity index is 262. The minimum atomic E-state index is -2.95. The molecule has 1 aliphatic heterocycles. The zero-order valence-corrected chi connectivity index (χ0v) is 8.33. The number of thioether (sulfide) groups is 1. The second-order valence-electron chi connectivity index (χ2n) is 2.75. The summed E-state index contributed by atoms with van der Waals surface area (Å²) in [6.07, 6.45) is 2.71. The van der Waals surface area contributed by atoms with Crippen molar-refractivity contribution in [1.29, 1.82) is 0 Å². The molecular weight excluding hydrogens is 180 g/mol. The van der Waals surface area contributed by atoms with Gasteiger partial charge in [-0.15, -0.1) is 11.8 Å². The lowest BCUT2D eigenvalue weighted by molar-refractivity contribution is 0.595. The largest absolute Gasteiger partial charge is 0.223 e. The van der Waals surface area contributed by atoms with Crippen LogP contribution in [0.5, 0.6) is 0 Å². The fourth-order valence-corrected chi connectivity index (χ4v) is 3.80. The minimum Gasteiger partial charge on any atom is -0.223 e. The lowest BCUT2D eigenvalue weighted by Gasteiger charge is -2.06. The van der Waals surface area contributed by atoms with Gasteiger partial charge < -0.3 is 0 Å². The van der Waals surface area contributed by atoms with E-state index in [0.29, 0.717) is 4.24 Å². The van der Waals surface area contributed by atoms with Crippen LogP contribution in [-0.2, 0) is 9.84 Å². The molecule has 0 aromatic heterocycles. The molecule has 0 amide bonds. The molecule has 0 unspecified atom stereocenters. The molecule has 0 saturated heterocycles. The van der Waals surface area contributed by atoms with Gasteiger partial charge >= 0.3 is 0 Å². The van der Waals surface area contributed by atoms with E-state index in [2.05, 4.69) is 0 Å². The van der Waals surface area contributed by atoms with Crippen molar-refractivity contribution in [3.63, 3.8) is 0 Å². The van der Waals surface area contributed by atoms with Crippen LogP contribution in [0.4, 0.5) is 0 Å². The summed E-state index contributed by atoms with van der Waals surface area (Å²) in [4.78, 5) is 0. The van der Waals surface area contributed by atoms with Gasteiger partial charge in [0.15, 0.2) is 9.84 Å². The molecule has 4 heteroatoms. The number of rotatable bonds is 2. The maximum Gasteiger partial charge on any atom is 0.186 e. The van der Waals surface area contributed by atoms with Gasteiger partial charge in [-0.1, -0.05) is 6.08 Å². The van der Waals surface area contributed by atoms with Crippen molar-refractivity contribution >= 4 is 21.6 Å². The van der Waals surface area contributed by atoms with Crippen molar-refractivity contribution in [2.24, 2.45) is 0 Å². The predicted octanol–water partition coefficient (Wildman–Crippen LogP) is 1.79. The maximum absolute atomic E-state index is 11.4. The summed E-state index contributed by atoms with van der Waals surface area (Å²) < 4.78 is 23.5. The summed E-state index contributed by atoms with van der Waals surface area (Å²) >= 11 is 1.45. The van der Waals surface area contributed by atoms with Gasteiger partial charge in [-0.05, 0) is 20.3 Å². The number of hydrogen-bond donors (Lipinski definition) is 0. The van der Waals surface area contributed by atoms with Gasteiger partial charge in [-0.2, -0.15) is 0 Å². The van der Waals surface area contributed by atoms with E-state index in [9.17, 15) is 8.42 Å². The average molecular weight is 192 g/mol. The fraction of sp³-hybridized carbons (Fsp3) is 0.714. The molecule has 0 aromatic carbocycles. The molecule has 1 rings (SSSR count). The molecule has 2 nitrogen and oxygen atoms in total. The maximum atomic E-state index is 11.4. The van der Waals surface area contributed by atoms with E-state index < -0.39 is 9.84 Å². The fourth-order valence-electron chi connectivity index (χ4n) is 0.826. The Labute approximate surface area is 72.0 Å². The second kappa shape index (κ2) is 3.19. The van der Waals surface area contributed by atoms with E-state index in [-0.39, 0.29) is 5.25 Å². The van der Waals surface area contributed by atoms with Crippen molar-refractivity contribution in [2.75, 3.05) is 5.75 Å². The van der Waals surface area contributed by atoms with E-state index in [1.807, 2.05) is 6.08 Å². The van der Waals surface area contributed by atoms with Gasteiger partial charge in [0.25, 0.3) is 0 Å². The Balaban J connectivity index is 2.89. The Kier molecular flexibility index (Phi) is 2.65. The van der Waals surface area contributed by atoms with Crippen LogP contribution in [-0.4, -0.2) is 19.4 Å². The summed E-state index contributed by atoms with van der Waals surface area (Å²) in [5, 5.41) is -0.278. The van der Waals surface area contributed by atoms with Gasteiger partial charge in [-0.3, -0.25) is 0 Å². The molecular formula is C7H12O2S2. The van der Waals surface area contributed by atoms with Crippen LogP contribution >= 0.6 is 11.8 Å². The first-order chi connectivity index (χ1) is 5.05. The molecule has 0 N–H and O–H groups in total. The van der Waals surface area contributed by atoms with Crippen LogP contribution in [0.3, 0.4) is 0 Å². The minimum absolute atomic E-state index is 0.278. The molecule has 0 fully saturated rings. The van der Waals surface area contributed by atoms with Crippen LogP contribution in [0.2, 0.25) is 0 Å². The molecule has 11 heavy (non-hydrogen) atoms. The highest BCUT2D eigenvalue weighted by atomic mass is 32.3. The summed E-state index contributed by atoms with van der Waals surface area (Å²) in [6.45, 7) is 3.43. The topological polar surface area (TPSA) is 34.1 Å². The SMILES string of the molecule is CC(C)S(=O)(=O)C1=CCCS1. The molecule has 0 aromatic rings. The van der Waals surface area contributed by atoms with E-state index >= 15 is 0 Å². The summed E-state index contributed by atoms with van der Waals surface area (Å²) in [5.74, 6) is 0.918. The molecule has 0 aliphatic carbocycles. The molecule has 0 spiro atoms. The lowest BCUT2D eigenvalue weighted by atomic mass is 10.5. The first-order valence-electron chi connectivity index (χ1n) is 3.62. The highest BCUT2D eigenvalue weighted by Crippen LogP contribution is 2.31. The normalized spacial score (nSPS) is 19.0. The van der Waals surface area contributed by atoms with Crippen LogP contribution in [0.25, 0.3) is 0 Å². The zero-order valence-electron chi connectivity index (χ0n) is 6.70. The third kappa shape index (κ3) is 1.79. The van der Waals surface area contributed by atoms with Gasteiger partial charge in [0.2, 0.25) is 0 Å². The van der Waals surface area contributed by atoms with E-state index in [4.69, 9.17) is 0 Å². The molecule has 0 saturated carbocycles. The summed E-state index contributed by atoms with van der Waals surface area (Å²) in [5.41, 5.74) is 0. The molecule has 64 valence electrons. The van der Waals surface area contributed by atoms with E-state index in [1.165, 1.54) is 11.8 Å². The smallest absolute Gasteiger partial charge is 0.186 e. The first kappa shape index (κ1) is 9.13. The Morgan fingerprint density at radius 2 is 2.18 bits per heavy atom. The Hall–Kier alpha value is 0.0400. The van der Waals surface area contributed by atoms with Gasteiger partial charge in [0.1, 0.15) is 0 Å². The molecule has 1 heterocycles. The molecule has 1 aliphatic rings. The van der Waals surface area contributed by atoms with E-state index in [1.54, 1.807) is 13.8 Å². The quantitative estimate of drug-likeness (QED) is 0.669. The van der Waals surface area contributed by atoms with Gasteiger partial charge in [-0.25, -0.2) is 8.42 Å². The highest BCUT2D eigenvalue weighted by Gasteiger charge is 2.24. The number of allylic oxidation sites excluding steroid dienone is 1. The monoisotopic (exact) mass is 192 g/mol. The third-order valence-electron chi connectivity index (χ3n) is 1.57. The van der Waals surface area contributed by atoms with Crippen LogP contribution in [0.15, 0.2) is 10.3 Å². The Morgan fingerprint density at radius 1 is 1.55 bits per heavy atom. The number of hydrogen-bond acceptors (Lipinski definition) is 3. The summed E-state index contributed by atoms with van der Waals surface area (Å²) in [7, 11) is -2.95. The van der Waals surface area contributed by atoms with Gasteiger partial charge in [0, 0.05) is 5.75 Å². The van der Waals surface area contributed by atoms with Crippen LogP contribution in [0, 0.1) is 0 Å². The third-order valence-corrected chi connectivity index (χ3v) is 5.48. The lowest BCUT2D eigenvalue weighted by Crippen LogP contribution is -2.13. The van der Waals surface area contributed by atoms with Crippen molar-refractivity contribution in [2.45, 2.75) is 25.5 Å². The second-order valence-corrected chi connectivity index (χ2v) is 6.62. The molecule has 0 bridgehead atoms. The highest BCUT2D eigenvalue weighted by molar-refractivity contribution is 8.19. The van der Waals surface area contributed by atoms with Crippen molar-refractivity contribution in [1.82, 2.24) is 0 Å². The van der Waals surface area contributed by atoms with Crippen LogP contribution in [0.1, 0.15) is 20.3 Å². The van der Waals surface area contributed by atoms with E-state index in [0.717, 1.165) is 12.2 Å². The van der Waals surface area contributed by atoms with Crippen LogP contribution < -0.4 is 0 Å². The molecule has 0 atom stereocenters. The standard InChI is InChI=1S/C7H12O2S2/c1-6(2)11(8,9)7-4-3-5-10-7/h4,6H,3,5H2,1-2H3. The van der Waals surface area contributed by atoms with Crippen molar-refractivity contribution in [3.8, 4) is 0 Å². The average Bonchev–Trinajstić information content (AvgIpc) is 2.37. The number of sulfone groups is 1. The summed E-state index contributed by atoms with van der Waals surface area (Å²) in [6, 6.07) is 0. The molecule has 0 radical (unpaired) electrons. The van der Waals surface area contributed by atoms with Gasteiger partial charge in [0.05, 0.1) is 9.49 Å². The zero-order chi connectivity index (χ0) is 8.48. The predicted molar refractivity (Wildman–Crippen MR) is 49.2 cm³/mol. The first-order valence-corrected chi connectivity index (χ1v) is 6.15. The van der Waals surface area contributed by atoms with Crippen molar-refractivity contribution in [3.05, 3.63) is 10.3 Å². The Morgan fingerprint density at radius 3 is 2.55 bits per heavy atom. The van der Waals surface area contributed by atoms with Crippen molar-refractivity contribution < 1.29 is 8.42 Å².